The molecule has 160 valence electrons. The number of nitrogens with two attached hydrogens (primary N) is 1. The number of alkyl halides is 3. The number of fused-ring (bicyclic) bond motifs is 3. The first-order chi connectivity index (χ1) is 14.7. The first-order valence-corrected chi connectivity index (χ1v) is 9.08. The van der Waals surface area contributed by atoms with Gasteiger partial charge in [0.15, 0.2) is 0 Å². The predicted octanol–water partition coefficient (Wildman–Crippen LogP) is 3.32. The molecule has 4 rings (SSSR count). The molecule has 3 aromatic heterocycles. The fourth-order valence-electron chi connectivity index (χ4n) is 3.31. The molecule has 0 aliphatic rings. The summed E-state index contributed by atoms with van der Waals surface area (Å²) in [6.07, 6.45) is -1.87. The number of benzene rings is 1. The monoisotopic (exact) mass is 430 g/mol. The molecule has 0 saturated carbocycles. The van der Waals surface area contributed by atoms with E-state index in [0.717, 1.165) is 22.8 Å². The van der Waals surface area contributed by atoms with E-state index in [1.807, 2.05) is 0 Å². The molecule has 3 heterocycles. The molecule has 0 aliphatic heterocycles. The lowest BCUT2D eigenvalue weighted by atomic mass is 10.1. The Morgan fingerprint density at radius 1 is 1.19 bits per heavy atom. The number of amides is 1. The average molecular weight is 430 g/mol. The maximum absolute atomic E-state index is 13.0. The van der Waals surface area contributed by atoms with Crippen LogP contribution < -0.4 is 5.73 Å². The predicted molar refractivity (Wildman–Crippen MR) is 107 cm³/mol. The van der Waals surface area contributed by atoms with Crippen LogP contribution in [0.25, 0.3) is 21.8 Å². The maximum atomic E-state index is 13.0. The standard InChI is InChI=1S/C20H17F3N6O2/c1-28-17-13-7-12(4-5-15(13)27-18(24)14(17)9-26-28)19(30)29(31-2)10-11-3-6-16(25-8-11)20(21,22)23/h3-9H,10H2,1-2H3,(H2,24,27). The van der Waals surface area contributed by atoms with E-state index < -0.39 is 17.8 Å². The van der Waals surface area contributed by atoms with Crippen LogP contribution in [-0.4, -0.2) is 37.8 Å². The topological polar surface area (TPSA) is 99.2 Å². The lowest BCUT2D eigenvalue weighted by Gasteiger charge is -2.20. The number of hydroxylamine groups is 2. The third-order valence-electron chi connectivity index (χ3n) is 4.84. The van der Waals surface area contributed by atoms with Gasteiger partial charge >= 0.3 is 6.18 Å². The number of pyridine rings is 2. The zero-order chi connectivity index (χ0) is 22.3. The van der Waals surface area contributed by atoms with E-state index in [2.05, 4.69) is 15.1 Å². The van der Waals surface area contributed by atoms with Gasteiger partial charge in [0.05, 0.1) is 36.3 Å². The van der Waals surface area contributed by atoms with Crippen molar-refractivity contribution >= 4 is 33.5 Å². The highest BCUT2D eigenvalue weighted by molar-refractivity contribution is 6.10. The molecule has 0 unspecified atom stereocenters. The van der Waals surface area contributed by atoms with E-state index in [1.165, 1.54) is 13.2 Å². The molecule has 4 aromatic rings. The highest BCUT2D eigenvalue weighted by Crippen LogP contribution is 2.29. The third kappa shape index (κ3) is 3.75. The number of rotatable bonds is 4. The molecule has 0 saturated heterocycles. The van der Waals surface area contributed by atoms with Gasteiger partial charge in [0, 0.05) is 24.2 Å². The van der Waals surface area contributed by atoms with E-state index in [4.69, 9.17) is 10.6 Å². The summed E-state index contributed by atoms with van der Waals surface area (Å²) in [5.74, 6) is -0.139. The number of carbonyl (C=O) groups is 1. The van der Waals surface area contributed by atoms with Gasteiger partial charge in [-0.1, -0.05) is 6.07 Å². The van der Waals surface area contributed by atoms with Crippen LogP contribution in [0, 0.1) is 0 Å². The van der Waals surface area contributed by atoms with E-state index in [9.17, 15) is 18.0 Å². The third-order valence-corrected chi connectivity index (χ3v) is 4.84. The SMILES string of the molecule is CON(Cc1ccc(C(F)(F)F)nc1)C(=O)c1ccc2nc(N)c3cnn(C)c3c2c1. The van der Waals surface area contributed by atoms with E-state index in [-0.39, 0.29) is 6.54 Å². The molecule has 0 atom stereocenters. The number of hydrogen-bond donors (Lipinski definition) is 1. The van der Waals surface area contributed by atoms with Crippen molar-refractivity contribution in [1.29, 1.82) is 0 Å². The van der Waals surface area contributed by atoms with Crippen molar-refractivity contribution in [3.8, 4) is 0 Å². The summed E-state index contributed by atoms with van der Waals surface area (Å²) in [6.45, 7) is -0.0837. The summed E-state index contributed by atoms with van der Waals surface area (Å²) in [7, 11) is 3.06. The minimum atomic E-state index is -4.53. The zero-order valence-corrected chi connectivity index (χ0v) is 16.5. The van der Waals surface area contributed by atoms with Crippen molar-refractivity contribution in [2.24, 2.45) is 7.05 Å². The van der Waals surface area contributed by atoms with Crippen molar-refractivity contribution < 1.29 is 22.8 Å². The molecule has 0 spiro atoms. The summed E-state index contributed by atoms with van der Waals surface area (Å²) in [5.41, 5.74) is 7.00. The Morgan fingerprint density at radius 3 is 2.61 bits per heavy atom. The molecule has 1 amide bonds. The summed E-state index contributed by atoms with van der Waals surface area (Å²) in [4.78, 5) is 25.9. The number of nitrogen functional groups attached to an aromatic ring is 1. The van der Waals surface area contributed by atoms with Crippen LogP contribution in [0.4, 0.5) is 19.0 Å². The van der Waals surface area contributed by atoms with Gasteiger partial charge in [0.25, 0.3) is 5.91 Å². The van der Waals surface area contributed by atoms with Gasteiger partial charge in [-0.3, -0.25) is 19.3 Å². The van der Waals surface area contributed by atoms with Gasteiger partial charge in [-0.25, -0.2) is 10.0 Å². The van der Waals surface area contributed by atoms with Gasteiger partial charge in [-0.15, -0.1) is 0 Å². The smallest absolute Gasteiger partial charge is 0.383 e. The van der Waals surface area contributed by atoms with Crippen molar-refractivity contribution in [2.45, 2.75) is 12.7 Å². The molecule has 0 aliphatic carbocycles. The molecule has 0 bridgehead atoms. The number of aromatic nitrogens is 4. The molecule has 0 radical (unpaired) electrons. The van der Waals surface area contributed by atoms with Crippen molar-refractivity contribution in [2.75, 3.05) is 12.8 Å². The highest BCUT2D eigenvalue weighted by atomic mass is 19.4. The fraction of sp³-hybridized carbons (Fsp3) is 0.200. The van der Waals surface area contributed by atoms with Crippen LogP contribution in [0.15, 0.2) is 42.7 Å². The Hall–Kier alpha value is -3.73. The van der Waals surface area contributed by atoms with Crippen molar-refractivity contribution in [3.63, 3.8) is 0 Å². The number of halogens is 3. The lowest BCUT2D eigenvalue weighted by Crippen LogP contribution is -2.29. The quantitative estimate of drug-likeness (QED) is 0.499. The van der Waals surface area contributed by atoms with Gasteiger partial charge in [0.2, 0.25) is 0 Å². The van der Waals surface area contributed by atoms with Crippen LogP contribution in [0.5, 0.6) is 0 Å². The number of carbonyl (C=O) groups excluding carboxylic acids is 1. The Morgan fingerprint density at radius 2 is 1.97 bits per heavy atom. The van der Waals surface area contributed by atoms with Gasteiger partial charge in [-0.2, -0.15) is 18.3 Å². The van der Waals surface area contributed by atoms with Gasteiger partial charge in [0.1, 0.15) is 11.5 Å². The minimum Gasteiger partial charge on any atom is -0.383 e. The second-order valence-electron chi connectivity index (χ2n) is 6.83. The summed E-state index contributed by atoms with van der Waals surface area (Å²) in [5, 5.41) is 6.59. The van der Waals surface area contributed by atoms with Crippen molar-refractivity contribution in [3.05, 3.63) is 59.5 Å². The van der Waals surface area contributed by atoms with Crippen LogP contribution in [0.1, 0.15) is 21.6 Å². The van der Waals surface area contributed by atoms with Crippen LogP contribution in [0.3, 0.4) is 0 Å². The van der Waals surface area contributed by atoms with E-state index >= 15 is 0 Å². The first-order valence-electron chi connectivity index (χ1n) is 9.08. The number of nitrogens with zero attached hydrogens (tertiary/aromatic N) is 5. The second-order valence-corrected chi connectivity index (χ2v) is 6.83. The molecule has 11 heteroatoms. The first kappa shape index (κ1) is 20.5. The highest BCUT2D eigenvalue weighted by Gasteiger charge is 2.32. The van der Waals surface area contributed by atoms with E-state index in [0.29, 0.717) is 33.2 Å². The number of aryl methyl sites for hydroxylation is 1. The summed E-state index contributed by atoms with van der Waals surface area (Å²) in [6, 6.07) is 7.01. The molecular formula is C20H17F3N6O2. The minimum absolute atomic E-state index is 0.0837. The Kier molecular flexibility index (Phi) is 4.97. The van der Waals surface area contributed by atoms with Crippen molar-refractivity contribution in [1.82, 2.24) is 24.8 Å². The lowest BCUT2D eigenvalue weighted by molar-refractivity contribution is -0.141. The molecule has 1 aromatic carbocycles. The fourth-order valence-corrected chi connectivity index (χ4v) is 3.31. The maximum Gasteiger partial charge on any atom is 0.433 e. The van der Waals surface area contributed by atoms with Crippen LogP contribution in [0.2, 0.25) is 0 Å². The number of hydrogen-bond acceptors (Lipinski definition) is 6. The summed E-state index contributed by atoms with van der Waals surface area (Å²) >= 11 is 0. The zero-order valence-electron chi connectivity index (χ0n) is 16.5. The van der Waals surface area contributed by atoms with Crippen LogP contribution >= 0.6 is 0 Å². The Balaban J connectivity index is 1.66. The Bertz CT molecular complexity index is 1280. The largest absolute Gasteiger partial charge is 0.433 e. The normalized spacial score (nSPS) is 11.9. The molecule has 0 fully saturated rings. The van der Waals surface area contributed by atoms with Gasteiger partial charge < -0.3 is 5.73 Å². The van der Waals surface area contributed by atoms with Crippen LogP contribution in [-0.2, 0) is 24.6 Å². The van der Waals surface area contributed by atoms with Gasteiger partial charge in [-0.05, 0) is 29.8 Å². The molecule has 8 nitrogen and oxygen atoms in total. The number of anilines is 1. The van der Waals surface area contributed by atoms with E-state index in [1.54, 1.807) is 36.1 Å². The molecular weight excluding hydrogens is 413 g/mol. The Labute approximate surface area is 174 Å². The average Bonchev–Trinajstić information content (AvgIpc) is 3.13. The molecule has 31 heavy (non-hydrogen) atoms. The molecule has 2 N–H and O–H groups in total. The second kappa shape index (κ2) is 7.51. The summed E-state index contributed by atoms with van der Waals surface area (Å²) < 4.78 is 39.7.